The van der Waals surface area contributed by atoms with Crippen LogP contribution in [0, 0.1) is 5.92 Å². The quantitative estimate of drug-likeness (QED) is 0.872. The number of aliphatic carboxylic acids is 1. The van der Waals surface area contributed by atoms with Crippen molar-refractivity contribution in [1.82, 2.24) is 9.88 Å². The normalized spacial score (nSPS) is 14.9. The average molecular weight is 271 g/mol. The van der Waals surface area contributed by atoms with Gasteiger partial charge in [0, 0.05) is 30.9 Å². The Balaban J connectivity index is 1.74. The number of hydrogen-bond donors (Lipinski definition) is 2. The van der Waals surface area contributed by atoms with Gasteiger partial charge in [-0.3, -0.25) is 9.78 Å². The number of pyridine rings is 1. The second-order valence-corrected chi connectivity index (χ2v) is 4.77. The van der Waals surface area contributed by atoms with Crippen LogP contribution in [0.1, 0.15) is 0 Å². The van der Waals surface area contributed by atoms with Crippen LogP contribution in [0.4, 0.5) is 10.5 Å². The molecule has 0 unspecified atom stereocenters. The van der Waals surface area contributed by atoms with Crippen molar-refractivity contribution >= 4 is 28.5 Å². The first-order valence-electron chi connectivity index (χ1n) is 6.26. The van der Waals surface area contributed by atoms with Gasteiger partial charge in [0.25, 0.3) is 0 Å². The SMILES string of the molecule is O=C(O)C1CN(C(=O)Nc2cccc3ccncc23)C1. The van der Waals surface area contributed by atoms with Gasteiger partial charge in [-0.1, -0.05) is 12.1 Å². The van der Waals surface area contributed by atoms with Crippen molar-refractivity contribution in [1.29, 1.82) is 0 Å². The lowest BCUT2D eigenvalue weighted by Gasteiger charge is -2.36. The molecule has 0 atom stereocenters. The average Bonchev–Trinajstić information content (AvgIpc) is 2.37. The largest absolute Gasteiger partial charge is 0.481 e. The van der Waals surface area contributed by atoms with E-state index in [1.54, 1.807) is 18.5 Å². The van der Waals surface area contributed by atoms with Gasteiger partial charge in [0.2, 0.25) is 0 Å². The van der Waals surface area contributed by atoms with Crippen molar-refractivity contribution in [2.24, 2.45) is 5.92 Å². The summed E-state index contributed by atoms with van der Waals surface area (Å²) in [5.41, 5.74) is 0.680. The number of nitrogens with one attached hydrogen (secondary N) is 1. The predicted octanol–water partition coefficient (Wildman–Crippen LogP) is 1.78. The summed E-state index contributed by atoms with van der Waals surface area (Å²) >= 11 is 0. The number of carbonyl (C=O) groups excluding carboxylic acids is 1. The molecule has 0 bridgehead atoms. The third-order valence-electron chi connectivity index (χ3n) is 3.44. The van der Waals surface area contributed by atoms with Crippen molar-refractivity contribution in [3.63, 3.8) is 0 Å². The first kappa shape index (κ1) is 12.4. The van der Waals surface area contributed by atoms with Gasteiger partial charge in [-0.05, 0) is 17.5 Å². The van der Waals surface area contributed by atoms with E-state index in [1.807, 2.05) is 18.2 Å². The van der Waals surface area contributed by atoms with Crippen LogP contribution in [0.5, 0.6) is 0 Å². The number of carboxylic acids is 1. The number of urea groups is 1. The lowest BCUT2D eigenvalue weighted by Crippen LogP contribution is -2.54. The highest BCUT2D eigenvalue weighted by Crippen LogP contribution is 2.23. The molecule has 0 radical (unpaired) electrons. The van der Waals surface area contributed by atoms with Crippen LogP contribution in [-0.2, 0) is 4.79 Å². The van der Waals surface area contributed by atoms with E-state index < -0.39 is 11.9 Å². The minimum absolute atomic E-state index is 0.254. The maximum Gasteiger partial charge on any atom is 0.321 e. The molecule has 1 aromatic carbocycles. The maximum atomic E-state index is 12.0. The Kier molecular flexibility index (Phi) is 2.98. The van der Waals surface area contributed by atoms with Crippen LogP contribution < -0.4 is 5.32 Å². The van der Waals surface area contributed by atoms with E-state index in [9.17, 15) is 9.59 Å². The third kappa shape index (κ3) is 2.16. The van der Waals surface area contributed by atoms with Gasteiger partial charge in [-0.2, -0.15) is 0 Å². The Labute approximate surface area is 115 Å². The molecule has 0 aliphatic carbocycles. The van der Waals surface area contributed by atoms with E-state index in [0.29, 0.717) is 5.69 Å². The molecule has 1 saturated heterocycles. The fraction of sp³-hybridized carbons (Fsp3) is 0.214. The second-order valence-electron chi connectivity index (χ2n) is 4.77. The van der Waals surface area contributed by atoms with E-state index in [-0.39, 0.29) is 19.1 Å². The molecule has 1 aromatic heterocycles. The lowest BCUT2D eigenvalue weighted by molar-refractivity contribution is -0.145. The standard InChI is InChI=1S/C14H13N3O3/c18-13(19)10-7-17(8-10)14(20)16-12-3-1-2-9-4-5-15-6-11(9)12/h1-6,10H,7-8H2,(H,16,20)(H,18,19). The molecule has 102 valence electrons. The molecule has 6 nitrogen and oxygen atoms in total. The molecule has 2 heterocycles. The highest BCUT2D eigenvalue weighted by molar-refractivity contribution is 6.01. The minimum atomic E-state index is -0.858. The van der Waals surface area contributed by atoms with E-state index in [0.717, 1.165) is 10.8 Å². The molecular formula is C14H13N3O3. The molecular weight excluding hydrogens is 258 g/mol. The van der Waals surface area contributed by atoms with Gasteiger partial charge in [0.1, 0.15) is 0 Å². The number of aromatic nitrogens is 1. The summed E-state index contributed by atoms with van der Waals surface area (Å²) in [5, 5.41) is 13.4. The lowest BCUT2D eigenvalue weighted by atomic mass is 10.0. The van der Waals surface area contributed by atoms with Crippen LogP contribution in [0.25, 0.3) is 10.8 Å². The van der Waals surface area contributed by atoms with Crippen LogP contribution in [-0.4, -0.2) is 40.1 Å². The Hall–Kier alpha value is -2.63. The number of benzene rings is 1. The van der Waals surface area contributed by atoms with E-state index in [2.05, 4.69) is 10.3 Å². The first-order chi connectivity index (χ1) is 9.65. The van der Waals surface area contributed by atoms with E-state index in [1.165, 1.54) is 4.90 Å². The van der Waals surface area contributed by atoms with Crippen LogP contribution >= 0.6 is 0 Å². The van der Waals surface area contributed by atoms with Crippen molar-refractivity contribution in [3.8, 4) is 0 Å². The second kappa shape index (κ2) is 4.80. The highest BCUT2D eigenvalue weighted by atomic mass is 16.4. The molecule has 1 aliphatic rings. The number of carboxylic acid groups (broad SMARTS) is 1. The molecule has 20 heavy (non-hydrogen) atoms. The van der Waals surface area contributed by atoms with Gasteiger partial charge >= 0.3 is 12.0 Å². The molecule has 1 aliphatic heterocycles. The zero-order chi connectivity index (χ0) is 14.1. The number of hydrogen-bond acceptors (Lipinski definition) is 3. The maximum absolute atomic E-state index is 12.0. The van der Waals surface area contributed by atoms with Gasteiger partial charge in [0.05, 0.1) is 11.6 Å². The molecule has 1 fully saturated rings. The first-order valence-corrected chi connectivity index (χ1v) is 6.26. The van der Waals surface area contributed by atoms with Crippen molar-refractivity contribution in [3.05, 3.63) is 36.7 Å². The Bertz CT molecular complexity index is 675. The summed E-state index contributed by atoms with van der Waals surface area (Å²) in [4.78, 5) is 28.3. The van der Waals surface area contributed by atoms with Crippen LogP contribution in [0.15, 0.2) is 36.7 Å². The summed E-state index contributed by atoms with van der Waals surface area (Å²) in [7, 11) is 0. The number of nitrogens with zero attached hydrogens (tertiary/aromatic N) is 2. The van der Waals surface area contributed by atoms with Gasteiger partial charge in [-0.15, -0.1) is 0 Å². The molecule has 0 saturated carbocycles. The predicted molar refractivity (Wildman–Crippen MR) is 73.5 cm³/mol. The summed E-state index contributed by atoms with van der Waals surface area (Å²) in [6.07, 6.45) is 3.39. The summed E-state index contributed by atoms with van der Waals surface area (Å²) in [6, 6.07) is 7.19. The topological polar surface area (TPSA) is 82.5 Å². The zero-order valence-corrected chi connectivity index (χ0v) is 10.6. The summed E-state index contributed by atoms with van der Waals surface area (Å²) < 4.78 is 0. The van der Waals surface area contributed by atoms with Crippen molar-refractivity contribution < 1.29 is 14.7 Å². The summed E-state index contributed by atoms with van der Waals surface area (Å²) in [5.74, 6) is -1.31. The molecule has 2 N–H and O–H groups in total. The number of anilines is 1. The number of carbonyl (C=O) groups is 2. The van der Waals surface area contributed by atoms with Gasteiger partial charge in [0.15, 0.2) is 0 Å². The summed E-state index contributed by atoms with van der Waals surface area (Å²) in [6.45, 7) is 0.508. The van der Waals surface area contributed by atoms with Crippen molar-refractivity contribution in [2.45, 2.75) is 0 Å². The monoisotopic (exact) mass is 271 g/mol. The Morgan fingerprint density at radius 3 is 2.85 bits per heavy atom. The Morgan fingerprint density at radius 1 is 1.30 bits per heavy atom. The van der Waals surface area contributed by atoms with Crippen molar-refractivity contribution in [2.75, 3.05) is 18.4 Å². The van der Waals surface area contributed by atoms with E-state index in [4.69, 9.17) is 5.11 Å². The highest BCUT2D eigenvalue weighted by Gasteiger charge is 2.35. The molecule has 0 spiro atoms. The van der Waals surface area contributed by atoms with Gasteiger partial charge in [-0.25, -0.2) is 4.79 Å². The molecule has 2 aromatic rings. The fourth-order valence-electron chi connectivity index (χ4n) is 2.22. The number of likely N-dealkylation sites (tertiary alicyclic amines) is 1. The van der Waals surface area contributed by atoms with Crippen LogP contribution in [0.2, 0.25) is 0 Å². The van der Waals surface area contributed by atoms with Gasteiger partial charge < -0.3 is 15.3 Å². The Morgan fingerprint density at radius 2 is 2.10 bits per heavy atom. The molecule has 3 rings (SSSR count). The fourth-order valence-corrected chi connectivity index (χ4v) is 2.22. The smallest absolute Gasteiger partial charge is 0.321 e. The molecule has 2 amide bonds. The number of fused-ring (bicyclic) bond motifs is 1. The van der Waals surface area contributed by atoms with E-state index >= 15 is 0 Å². The zero-order valence-electron chi connectivity index (χ0n) is 10.6. The minimum Gasteiger partial charge on any atom is -0.481 e. The number of amides is 2. The third-order valence-corrected chi connectivity index (χ3v) is 3.44. The number of rotatable bonds is 2. The van der Waals surface area contributed by atoms with Crippen LogP contribution in [0.3, 0.4) is 0 Å². The molecule has 6 heteroatoms.